The molecule has 4 heteroatoms. The van der Waals surface area contributed by atoms with E-state index in [-0.39, 0.29) is 0 Å². The number of benzene rings is 1. The molecule has 2 aromatic rings. The zero-order valence-corrected chi connectivity index (χ0v) is 11.6. The van der Waals surface area contributed by atoms with Crippen molar-refractivity contribution in [2.24, 2.45) is 0 Å². The van der Waals surface area contributed by atoms with Crippen LogP contribution in [0.25, 0.3) is 11.4 Å². The van der Waals surface area contributed by atoms with Crippen molar-refractivity contribution in [2.75, 3.05) is 7.11 Å². The van der Waals surface area contributed by atoms with Crippen molar-refractivity contribution in [2.45, 2.75) is 20.3 Å². The summed E-state index contributed by atoms with van der Waals surface area (Å²) in [4.78, 5) is 7.76. The van der Waals surface area contributed by atoms with Crippen molar-refractivity contribution in [3.8, 4) is 17.1 Å². The summed E-state index contributed by atoms with van der Waals surface area (Å²) in [6, 6.07) is 7.78. The Morgan fingerprint density at radius 2 is 2.06 bits per heavy atom. The first kappa shape index (κ1) is 12.8. The number of ether oxygens (including phenoxy) is 1. The molecule has 0 saturated carbocycles. The molecule has 2 rings (SSSR count). The van der Waals surface area contributed by atoms with Gasteiger partial charge in [-0.05, 0) is 25.5 Å². The van der Waals surface area contributed by atoms with Gasteiger partial charge in [-0.1, -0.05) is 31.3 Å². The molecule has 1 heterocycles. The monoisotopic (exact) mass is 260 g/mol. The molecule has 0 spiro atoms. The molecule has 94 valence electrons. The summed E-state index contributed by atoms with van der Waals surface area (Å²) in [6.45, 7) is 4.10. The van der Waals surface area contributed by atoms with Crippen LogP contribution in [-0.4, -0.2) is 17.1 Å². The van der Waals surface area contributed by atoms with Gasteiger partial charge < -0.3 is 9.72 Å². The van der Waals surface area contributed by atoms with Crippen LogP contribution in [-0.2, 0) is 6.42 Å². The van der Waals surface area contributed by atoms with Crippen molar-refractivity contribution in [3.05, 3.63) is 40.2 Å². The number of nitrogens with one attached hydrogen (secondary N) is 1. The maximum absolute atomic E-state index is 5.34. The van der Waals surface area contributed by atoms with E-state index < -0.39 is 0 Å². The van der Waals surface area contributed by atoms with Crippen LogP contribution < -0.4 is 4.74 Å². The average molecular weight is 260 g/mol. The standard InChI is InChI=1S/C14H16N2OS/c1-4-10-9(2)15-13(16-14(10)18)11-7-5-6-8-12(11)17-3/h5-8H,4H2,1-3H3,(H,15,16,18). The topological polar surface area (TPSA) is 37.9 Å². The second-order valence-corrected chi connectivity index (χ2v) is 4.43. The fourth-order valence-corrected chi connectivity index (χ4v) is 2.38. The molecule has 0 bridgehead atoms. The molecule has 0 unspecified atom stereocenters. The summed E-state index contributed by atoms with van der Waals surface area (Å²) in [5.74, 6) is 1.55. The lowest BCUT2D eigenvalue weighted by molar-refractivity contribution is 0.416. The molecular formula is C14H16N2OS. The molecule has 0 aliphatic carbocycles. The predicted octanol–water partition coefficient (Wildman–Crippen LogP) is 3.69. The number of aryl methyl sites for hydroxylation is 1. The summed E-state index contributed by atoms with van der Waals surface area (Å²) in [7, 11) is 1.65. The molecule has 0 saturated heterocycles. The summed E-state index contributed by atoms with van der Waals surface area (Å²) < 4.78 is 6.00. The fraction of sp³-hybridized carbons (Fsp3) is 0.286. The molecule has 0 radical (unpaired) electrons. The summed E-state index contributed by atoms with van der Waals surface area (Å²) in [5, 5.41) is 0. The third kappa shape index (κ3) is 2.29. The van der Waals surface area contributed by atoms with Gasteiger partial charge in [0.25, 0.3) is 0 Å². The number of H-pyrrole nitrogens is 1. The zero-order valence-electron chi connectivity index (χ0n) is 10.8. The molecule has 0 amide bonds. The molecule has 3 nitrogen and oxygen atoms in total. The summed E-state index contributed by atoms with van der Waals surface area (Å²) in [6.07, 6.45) is 0.889. The van der Waals surface area contributed by atoms with Gasteiger partial charge in [-0.2, -0.15) is 0 Å². The van der Waals surface area contributed by atoms with Crippen LogP contribution >= 0.6 is 12.2 Å². The first-order valence-corrected chi connectivity index (χ1v) is 6.31. The number of para-hydroxylation sites is 1. The highest BCUT2D eigenvalue weighted by atomic mass is 32.1. The quantitative estimate of drug-likeness (QED) is 0.855. The Hall–Kier alpha value is -1.68. The Kier molecular flexibility index (Phi) is 3.77. The third-order valence-corrected chi connectivity index (χ3v) is 3.28. The number of rotatable bonds is 3. The zero-order chi connectivity index (χ0) is 13.1. The largest absolute Gasteiger partial charge is 0.496 e. The lowest BCUT2D eigenvalue weighted by Gasteiger charge is -2.10. The minimum absolute atomic E-state index is 0.662. The smallest absolute Gasteiger partial charge is 0.142 e. The van der Waals surface area contributed by atoms with Crippen molar-refractivity contribution in [1.82, 2.24) is 9.97 Å². The minimum atomic E-state index is 0.662. The van der Waals surface area contributed by atoms with Crippen molar-refractivity contribution < 1.29 is 4.74 Å². The molecule has 1 aromatic heterocycles. The molecule has 0 aliphatic rings. The van der Waals surface area contributed by atoms with Gasteiger partial charge in [0.1, 0.15) is 16.2 Å². The number of aromatic amines is 1. The minimum Gasteiger partial charge on any atom is -0.496 e. The van der Waals surface area contributed by atoms with E-state index in [2.05, 4.69) is 16.9 Å². The van der Waals surface area contributed by atoms with Gasteiger partial charge in [-0.3, -0.25) is 0 Å². The van der Waals surface area contributed by atoms with E-state index in [1.54, 1.807) is 7.11 Å². The van der Waals surface area contributed by atoms with E-state index in [1.807, 2.05) is 31.2 Å². The first-order chi connectivity index (χ1) is 8.67. The second-order valence-electron chi connectivity index (χ2n) is 4.05. The highest BCUT2D eigenvalue weighted by molar-refractivity contribution is 7.71. The van der Waals surface area contributed by atoms with Crippen LogP contribution in [0.1, 0.15) is 18.2 Å². The molecule has 0 aliphatic heterocycles. The predicted molar refractivity (Wildman–Crippen MR) is 75.5 cm³/mol. The maximum atomic E-state index is 5.34. The van der Waals surface area contributed by atoms with Crippen LogP contribution in [0.15, 0.2) is 24.3 Å². The van der Waals surface area contributed by atoms with Gasteiger partial charge in [-0.15, -0.1) is 0 Å². The van der Waals surface area contributed by atoms with Gasteiger partial charge in [-0.25, -0.2) is 4.98 Å². The summed E-state index contributed by atoms with van der Waals surface area (Å²) >= 11 is 5.33. The van der Waals surface area contributed by atoms with E-state index in [9.17, 15) is 0 Å². The van der Waals surface area contributed by atoms with Crippen LogP contribution in [0.5, 0.6) is 5.75 Å². The number of aromatic nitrogens is 2. The van der Waals surface area contributed by atoms with Crippen molar-refractivity contribution >= 4 is 12.2 Å². The SMILES string of the molecule is CCc1c(C)[nH]c(-c2ccccc2OC)nc1=S. The highest BCUT2D eigenvalue weighted by Gasteiger charge is 2.09. The van der Waals surface area contributed by atoms with E-state index >= 15 is 0 Å². The van der Waals surface area contributed by atoms with Crippen LogP contribution in [0.3, 0.4) is 0 Å². The van der Waals surface area contributed by atoms with Crippen LogP contribution in [0, 0.1) is 11.6 Å². The molecular weight excluding hydrogens is 244 g/mol. The number of nitrogens with zero attached hydrogens (tertiary/aromatic N) is 1. The van der Waals surface area contributed by atoms with E-state index in [4.69, 9.17) is 17.0 Å². The second kappa shape index (κ2) is 5.31. The molecule has 1 N–H and O–H groups in total. The molecule has 0 atom stereocenters. The number of methoxy groups -OCH3 is 1. The maximum Gasteiger partial charge on any atom is 0.142 e. The van der Waals surface area contributed by atoms with Crippen molar-refractivity contribution in [3.63, 3.8) is 0 Å². The highest BCUT2D eigenvalue weighted by Crippen LogP contribution is 2.27. The van der Waals surface area contributed by atoms with Crippen LogP contribution in [0.2, 0.25) is 0 Å². The Morgan fingerprint density at radius 1 is 1.33 bits per heavy atom. The van der Waals surface area contributed by atoms with Gasteiger partial charge in [0.05, 0.1) is 12.7 Å². The average Bonchev–Trinajstić information content (AvgIpc) is 2.38. The number of hydrogen-bond acceptors (Lipinski definition) is 3. The van der Waals surface area contributed by atoms with E-state index in [0.29, 0.717) is 4.64 Å². The lowest BCUT2D eigenvalue weighted by atomic mass is 10.1. The Morgan fingerprint density at radius 3 is 2.67 bits per heavy atom. The Balaban J connectivity index is 2.62. The van der Waals surface area contributed by atoms with E-state index in [1.165, 1.54) is 0 Å². The van der Waals surface area contributed by atoms with Gasteiger partial charge >= 0.3 is 0 Å². The van der Waals surface area contributed by atoms with E-state index in [0.717, 1.165) is 34.8 Å². The Bertz CT molecular complexity index is 619. The first-order valence-electron chi connectivity index (χ1n) is 5.90. The van der Waals surface area contributed by atoms with Crippen LogP contribution in [0.4, 0.5) is 0 Å². The van der Waals surface area contributed by atoms with Gasteiger partial charge in [0, 0.05) is 11.3 Å². The summed E-state index contributed by atoms with van der Waals surface area (Å²) in [5.41, 5.74) is 3.10. The molecule has 1 aromatic carbocycles. The molecule has 18 heavy (non-hydrogen) atoms. The lowest BCUT2D eigenvalue weighted by Crippen LogP contribution is -2.00. The normalized spacial score (nSPS) is 10.4. The third-order valence-electron chi connectivity index (χ3n) is 2.95. The Labute approximate surface area is 112 Å². The van der Waals surface area contributed by atoms with Crippen molar-refractivity contribution in [1.29, 1.82) is 0 Å². The molecule has 0 fully saturated rings. The number of hydrogen-bond donors (Lipinski definition) is 1. The van der Waals surface area contributed by atoms with Gasteiger partial charge in [0.2, 0.25) is 0 Å². The van der Waals surface area contributed by atoms with Gasteiger partial charge in [0.15, 0.2) is 0 Å². The fourth-order valence-electron chi connectivity index (χ4n) is 1.99.